The largest absolute Gasteiger partial charge is 0.330 e. The lowest BCUT2D eigenvalue weighted by Gasteiger charge is -2.19. The average molecular weight is 310 g/mol. The quantitative estimate of drug-likeness (QED) is 0.780. The van der Waals surface area contributed by atoms with Crippen molar-refractivity contribution >= 4 is 21.8 Å². The smallest absolute Gasteiger partial charge is 0.262 e. The topological polar surface area (TPSA) is 76.7 Å². The lowest BCUT2D eigenvalue weighted by atomic mass is 9.90. The summed E-state index contributed by atoms with van der Waals surface area (Å²) in [4.78, 5) is 13.0. The van der Waals surface area contributed by atoms with Crippen LogP contribution >= 0.6 is 0 Å². The van der Waals surface area contributed by atoms with Crippen molar-refractivity contribution in [2.45, 2.75) is 45.6 Å². The van der Waals surface area contributed by atoms with Gasteiger partial charge in [0.1, 0.15) is 5.52 Å². The summed E-state index contributed by atoms with van der Waals surface area (Å²) in [6, 6.07) is 4.47. The molecule has 3 N–H and O–H groups in total. The molecule has 0 radical (unpaired) electrons. The Morgan fingerprint density at radius 2 is 2.00 bits per heavy atom. The zero-order valence-electron chi connectivity index (χ0n) is 13.5. The van der Waals surface area contributed by atoms with E-state index < -0.39 is 0 Å². The standard InChI is InChI=1S/C18H22N4O/c1-11-16-17(21-20-11)14-9-12-5-2-3-6-13(12)10-15(14)22(18(16)23)8-4-7-19/h9-10H,2-8,19H2,1H3,(H,20,21). The van der Waals surface area contributed by atoms with Crippen LogP contribution in [0.1, 0.15) is 36.1 Å². The van der Waals surface area contributed by atoms with Crippen LogP contribution in [0.15, 0.2) is 16.9 Å². The van der Waals surface area contributed by atoms with Crippen molar-refractivity contribution in [3.8, 4) is 0 Å². The first-order valence-corrected chi connectivity index (χ1v) is 8.43. The Kier molecular flexibility index (Phi) is 3.45. The van der Waals surface area contributed by atoms with E-state index in [4.69, 9.17) is 5.73 Å². The van der Waals surface area contributed by atoms with E-state index in [-0.39, 0.29) is 5.56 Å². The number of rotatable bonds is 3. The summed E-state index contributed by atoms with van der Waals surface area (Å²) >= 11 is 0. The fourth-order valence-corrected chi connectivity index (χ4v) is 3.79. The van der Waals surface area contributed by atoms with Crippen LogP contribution in [0.2, 0.25) is 0 Å². The lowest BCUT2D eigenvalue weighted by Crippen LogP contribution is -2.23. The number of hydrogen-bond donors (Lipinski definition) is 2. The Bertz CT molecular complexity index is 951. The Hall–Kier alpha value is -2.14. The van der Waals surface area contributed by atoms with Gasteiger partial charge in [0, 0.05) is 17.6 Å². The van der Waals surface area contributed by atoms with Gasteiger partial charge in [-0.2, -0.15) is 5.10 Å². The second kappa shape index (κ2) is 5.49. The molecule has 0 spiro atoms. The SMILES string of the molecule is Cc1[nH]nc2c1c(=O)n(CCCN)c1cc3c(cc21)CCCC3. The van der Waals surface area contributed by atoms with Crippen molar-refractivity contribution in [3.05, 3.63) is 39.3 Å². The Balaban J connectivity index is 2.11. The highest BCUT2D eigenvalue weighted by Gasteiger charge is 2.18. The van der Waals surface area contributed by atoms with Gasteiger partial charge >= 0.3 is 0 Å². The van der Waals surface area contributed by atoms with Gasteiger partial charge in [-0.05, 0) is 68.8 Å². The minimum Gasteiger partial charge on any atom is -0.330 e. The molecule has 1 aliphatic rings. The first-order valence-electron chi connectivity index (χ1n) is 8.43. The third-order valence-electron chi connectivity index (χ3n) is 5.00. The second-order valence-corrected chi connectivity index (χ2v) is 6.52. The monoisotopic (exact) mass is 310 g/mol. The Labute approximate surface area is 134 Å². The summed E-state index contributed by atoms with van der Waals surface area (Å²) in [6.07, 6.45) is 5.50. The van der Waals surface area contributed by atoms with Gasteiger partial charge in [-0.3, -0.25) is 9.89 Å². The van der Waals surface area contributed by atoms with Gasteiger partial charge in [-0.25, -0.2) is 0 Å². The molecule has 0 saturated heterocycles. The number of aryl methyl sites for hydroxylation is 4. The molecule has 0 saturated carbocycles. The molecular formula is C18H22N4O. The maximum absolute atomic E-state index is 13.0. The number of aromatic amines is 1. The molecule has 5 heteroatoms. The van der Waals surface area contributed by atoms with Gasteiger partial charge in [-0.15, -0.1) is 0 Å². The summed E-state index contributed by atoms with van der Waals surface area (Å²) in [6.45, 7) is 3.15. The molecule has 0 atom stereocenters. The number of fused-ring (bicyclic) bond motifs is 4. The molecule has 3 aromatic rings. The molecule has 2 heterocycles. The van der Waals surface area contributed by atoms with Crippen molar-refractivity contribution in [3.63, 3.8) is 0 Å². The minimum atomic E-state index is 0.0444. The van der Waals surface area contributed by atoms with Gasteiger partial charge in [0.25, 0.3) is 5.56 Å². The predicted molar refractivity (Wildman–Crippen MR) is 92.9 cm³/mol. The number of aromatic nitrogens is 3. The molecule has 2 aromatic heterocycles. The molecule has 4 rings (SSSR count). The number of nitrogens with zero attached hydrogens (tertiary/aromatic N) is 2. The van der Waals surface area contributed by atoms with Crippen LogP contribution in [0.4, 0.5) is 0 Å². The predicted octanol–water partition coefficient (Wildman–Crippen LogP) is 2.41. The van der Waals surface area contributed by atoms with E-state index in [9.17, 15) is 4.79 Å². The fourth-order valence-electron chi connectivity index (χ4n) is 3.79. The first-order chi connectivity index (χ1) is 11.2. The number of benzene rings is 1. The van der Waals surface area contributed by atoms with Gasteiger partial charge in [-0.1, -0.05) is 0 Å². The highest BCUT2D eigenvalue weighted by Crippen LogP contribution is 2.30. The molecule has 0 amide bonds. The highest BCUT2D eigenvalue weighted by atomic mass is 16.1. The lowest BCUT2D eigenvalue weighted by molar-refractivity contribution is 0.651. The first kappa shape index (κ1) is 14.5. The molecule has 1 aliphatic carbocycles. The molecule has 23 heavy (non-hydrogen) atoms. The summed E-state index contributed by atoms with van der Waals surface area (Å²) in [5.74, 6) is 0. The van der Waals surface area contributed by atoms with E-state index >= 15 is 0 Å². The van der Waals surface area contributed by atoms with E-state index in [1.165, 1.54) is 24.0 Å². The van der Waals surface area contributed by atoms with E-state index in [2.05, 4.69) is 22.3 Å². The highest BCUT2D eigenvalue weighted by molar-refractivity contribution is 6.04. The maximum atomic E-state index is 13.0. The van der Waals surface area contributed by atoms with Crippen LogP contribution in [0, 0.1) is 6.92 Å². The number of nitrogens with one attached hydrogen (secondary N) is 1. The van der Waals surface area contributed by atoms with Crippen LogP contribution in [-0.4, -0.2) is 21.3 Å². The summed E-state index contributed by atoms with van der Waals surface area (Å²) in [5, 5.41) is 9.20. The molecular weight excluding hydrogens is 288 g/mol. The van der Waals surface area contributed by atoms with E-state index in [1.54, 1.807) is 0 Å². The molecule has 0 unspecified atom stereocenters. The zero-order chi connectivity index (χ0) is 16.0. The van der Waals surface area contributed by atoms with Crippen LogP contribution in [-0.2, 0) is 19.4 Å². The van der Waals surface area contributed by atoms with Gasteiger partial charge < -0.3 is 10.3 Å². The normalized spacial score (nSPS) is 14.5. The summed E-state index contributed by atoms with van der Waals surface area (Å²) in [7, 11) is 0. The molecule has 1 aromatic carbocycles. The molecule has 0 fully saturated rings. The van der Waals surface area contributed by atoms with Crippen LogP contribution in [0.5, 0.6) is 0 Å². The van der Waals surface area contributed by atoms with Crippen molar-refractivity contribution < 1.29 is 0 Å². The van der Waals surface area contributed by atoms with Crippen LogP contribution < -0.4 is 11.3 Å². The molecule has 120 valence electrons. The van der Waals surface area contributed by atoms with E-state index in [1.807, 2.05) is 11.5 Å². The molecule has 0 bridgehead atoms. The van der Waals surface area contributed by atoms with Crippen molar-refractivity contribution in [2.24, 2.45) is 5.73 Å². The van der Waals surface area contributed by atoms with Crippen LogP contribution in [0.25, 0.3) is 21.8 Å². The Morgan fingerprint density at radius 3 is 2.74 bits per heavy atom. The average Bonchev–Trinajstić information content (AvgIpc) is 2.95. The van der Waals surface area contributed by atoms with Gasteiger partial charge in [0.15, 0.2) is 0 Å². The third kappa shape index (κ3) is 2.18. The third-order valence-corrected chi connectivity index (χ3v) is 5.00. The van der Waals surface area contributed by atoms with Gasteiger partial charge in [0.05, 0.1) is 10.9 Å². The number of H-pyrrole nitrogens is 1. The Morgan fingerprint density at radius 1 is 1.26 bits per heavy atom. The van der Waals surface area contributed by atoms with Crippen LogP contribution in [0.3, 0.4) is 0 Å². The number of hydrogen-bond acceptors (Lipinski definition) is 3. The molecule has 5 nitrogen and oxygen atoms in total. The van der Waals surface area contributed by atoms with Crippen molar-refractivity contribution in [2.75, 3.05) is 6.54 Å². The van der Waals surface area contributed by atoms with Crippen molar-refractivity contribution in [1.82, 2.24) is 14.8 Å². The zero-order valence-corrected chi connectivity index (χ0v) is 13.5. The number of pyridine rings is 1. The maximum Gasteiger partial charge on any atom is 0.262 e. The van der Waals surface area contributed by atoms with Crippen molar-refractivity contribution in [1.29, 1.82) is 0 Å². The second-order valence-electron chi connectivity index (χ2n) is 6.52. The molecule has 0 aliphatic heterocycles. The summed E-state index contributed by atoms with van der Waals surface area (Å²) in [5.41, 5.74) is 11.2. The minimum absolute atomic E-state index is 0.0444. The van der Waals surface area contributed by atoms with E-state index in [0.717, 1.165) is 41.4 Å². The fraction of sp³-hybridized carbons (Fsp3) is 0.444. The number of nitrogens with two attached hydrogens (primary N) is 1. The van der Waals surface area contributed by atoms with E-state index in [0.29, 0.717) is 18.5 Å². The van der Waals surface area contributed by atoms with Gasteiger partial charge in [0.2, 0.25) is 0 Å². The summed E-state index contributed by atoms with van der Waals surface area (Å²) < 4.78 is 1.89.